The second kappa shape index (κ2) is 7.05. The quantitative estimate of drug-likeness (QED) is 0.880. The van der Waals surface area contributed by atoms with Gasteiger partial charge < -0.3 is 14.7 Å². The molecule has 1 N–H and O–H groups in total. The van der Waals surface area contributed by atoms with E-state index >= 15 is 0 Å². The highest BCUT2D eigenvalue weighted by Crippen LogP contribution is 2.26. The van der Waals surface area contributed by atoms with Gasteiger partial charge in [0.1, 0.15) is 5.76 Å². The van der Waals surface area contributed by atoms with Gasteiger partial charge >= 0.3 is 0 Å². The van der Waals surface area contributed by atoms with Gasteiger partial charge in [0, 0.05) is 31.1 Å². The molecule has 2 aromatic rings. The molecule has 1 aliphatic heterocycles. The smallest absolute Gasteiger partial charge is 0.224 e. The van der Waals surface area contributed by atoms with Crippen LogP contribution in [0.5, 0.6) is 0 Å². The fourth-order valence-corrected chi connectivity index (χ4v) is 3.75. The molecule has 1 aliphatic carbocycles. The Morgan fingerprint density at radius 1 is 1.27 bits per heavy atom. The Bertz CT molecular complexity index is 791. The Balaban J connectivity index is 1.25. The average molecular weight is 355 g/mol. The number of carbonyl (C=O) groups is 1. The Morgan fingerprint density at radius 3 is 2.85 bits per heavy atom. The first-order valence-electron chi connectivity index (χ1n) is 9.39. The van der Waals surface area contributed by atoms with Gasteiger partial charge in [-0.25, -0.2) is 0 Å². The van der Waals surface area contributed by atoms with Crippen LogP contribution >= 0.6 is 0 Å². The van der Waals surface area contributed by atoms with Crippen molar-refractivity contribution in [3.63, 3.8) is 0 Å². The molecule has 7 nitrogen and oxygen atoms in total. The van der Waals surface area contributed by atoms with E-state index in [4.69, 9.17) is 4.52 Å². The zero-order valence-electron chi connectivity index (χ0n) is 15.4. The van der Waals surface area contributed by atoms with Gasteiger partial charge in [-0.15, -0.1) is 5.10 Å². The van der Waals surface area contributed by atoms with Crippen LogP contribution in [0, 0.1) is 19.8 Å². The molecule has 2 aliphatic rings. The average Bonchev–Trinajstić information content (AvgIpc) is 2.92. The van der Waals surface area contributed by atoms with E-state index in [1.807, 2.05) is 13.8 Å². The molecular formula is C19H25N5O2. The van der Waals surface area contributed by atoms with Crippen molar-refractivity contribution in [1.29, 1.82) is 0 Å². The summed E-state index contributed by atoms with van der Waals surface area (Å²) in [5.41, 5.74) is 4.21. The highest BCUT2D eigenvalue weighted by Gasteiger charge is 2.29. The number of rotatable bonds is 5. The molecule has 3 heterocycles. The molecule has 0 saturated carbocycles. The van der Waals surface area contributed by atoms with Crippen LogP contribution in [0.4, 0.5) is 5.82 Å². The van der Waals surface area contributed by atoms with E-state index in [1.165, 1.54) is 24.1 Å². The van der Waals surface area contributed by atoms with Crippen LogP contribution in [-0.2, 0) is 24.1 Å². The van der Waals surface area contributed by atoms with Gasteiger partial charge in [-0.05, 0) is 51.2 Å². The SMILES string of the molecule is Cc1noc(C)c1CC(=O)NCC1CN(c2cc3c(nn2)CCCC3)C1. The van der Waals surface area contributed by atoms with Crippen LogP contribution < -0.4 is 10.2 Å². The van der Waals surface area contributed by atoms with E-state index in [0.29, 0.717) is 18.9 Å². The van der Waals surface area contributed by atoms with Crippen LogP contribution in [-0.4, -0.2) is 40.9 Å². The maximum atomic E-state index is 12.2. The number of anilines is 1. The number of hydrogen-bond donors (Lipinski definition) is 1. The third kappa shape index (κ3) is 3.43. The van der Waals surface area contributed by atoms with Gasteiger partial charge in [0.2, 0.25) is 5.91 Å². The van der Waals surface area contributed by atoms with Crippen molar-refractivity contribution in [1.82, 2.24) is 20.7 Å². The van der Waals surface area contributed by atoms with Gasteiger partial charge in [-0.3, -0.25) is 4.79 Å². The van der Waals surface area contributed by atoms with Crippen LogP contribution in [0.1, 0.15) is 41.1 Å². The molecule has 0 unspecified atom stereocenters. The van der Waals surface area contributed by atoms with Crippen molar-refractivity contribution in [3.05, 3.63) is 34.3 Å². The molecule has 7 heteroatoms. The third-order valence-electron chi connectivity index (χ3n) is 5.44. The summed E-state index contributed by atoms with van der Waals surface area (Å²) in [7, 11) is 0. The summed E-state index contributed by atoms with van der Waals surface area (Å²) in [5, 5.41) is 15.7. The summed E-state index contributed by atoms with van der Waals surface area (Å²) >= 11 is 0. The van der Waals surface area contributed by atoms with E-state index in [2.05, 4.69) is 31.6 Å². The molecule has 138 valence electrons. The maximum Gasteiger partial charge on any atom is 0.224 e. The van der Waals surface area contributed by atoms with Crippen LogP contribution in [0.2, 0.25) is 0 Å². The Kier molecular flexibility index (Phi) is 4.61. The molecule has 0 spiro atoms. The largest absolute Gasteiger partial charge is 0.361 e. The first kappa shape index (κ1) is 17.0. The molecule has 0 bridgehead atoms. The number of fused-ring (bicyclic) bond motifs is 1. The monoisotopic (exact) mass is 355 g/mol. The standard InChI is InChI=1S/C19H25N5O2/c1-12-16(13(2)26-23-12)8-19(25)20-9-14-10-24(11-14)18-7-15-5-3-4-6-17(15)21-22-18/h7,14H,3-6,8-11H2,1-2H3,(H,20,25). The first-order chi connectivity index (χ1) is 12.6. The third-order valence-corrected chi connectivity index (χ3v) is 5.44. The Labute approximate surface area is 153 Å². The van der Waals surface area contributed by atoms with Crippen molar-refractivity contribution in [3.8, 4) is 0 Å². The van der Waals surface area contributed by atoms with E-state index in [-0.39, 0.29) is 5.91 Å². The molecule has 0 aromatic carbocycles. The lowest BCUT2D eigenvalue weighted by atomic mass is 9.95. The number of amides is 1. The lowest BCUT2D eigenvalue weighted by molar-refractivity contribution is -0.120. The molecule has 26 heavy (non-hydrogen) atoms. The molecule has 1 saturated heterocycles. The highest BCUT2D eigenvalue weighted by atomic mass is 16.5. The number of aryl methyl sites for hydroxylation is 4. The number of hydrogen-bond acceptors (Lipinski definition) is 6. The van der Waals surface area contributed by atoms with E-state index in [9.17, 15) is 4.79 Å². The van der Waals surface area contributed by atoms with E-state index < -0.39 is 0 Å². The van der Waals surface area contributed by atoms with Gasteiger partial charge in [-0.2, -0.15) is 5.10 Å². The van der Waals surface area contributed by atoms with Gasteiger partial charge in [0.25, 0.3) is 0 Å². The molecule has 0 radical (unpaired) electrons. The molecule has 4 rings (SSSR count). The maximum absolute atomic E-state index is 12.2. The predicted octanol–water partition coefficient (Wildman–Crippen LogP) is 1.76. The number of carbonyl (C=O) groups excluding carboxylic acids is 1. The van der Waals surface area contributed by atoms with E-state index in [1.54, 1.807) is 0 Å². The lowest BCUT2D eigenvalue weighted by Gasteiger charge is -2.40. The van der Waals surface area contributed by atoms with Gasteiger partial charge in [-0.1, -0.05) is 5.16 Å². The first-order valence-corrected chi connectivity index (χ1v) is 9.39. The second-order valence-electron chi connectivity index (χ2n) is 7.44. The van der Waals surface area contributed by atoms with Gasteiger partial charge in [0.15, 0.2) is 5.82 Å². The summed E-state index contributed by atoms with van der Waals surface area (Å²) in [6.07, 6.45) is 4.97. The fraction of sp³-hybridized carbons (Fsp3) is 0.579. The molecular weight excluding hydrogens is 330 g/mol. The Hall–Kier alpha value is -2.44. The summed E-state index contributed by atoms with van der Waals surface area (Å²) in [6, 6.07) is 2.20. The number of nitrogens with one attached hydrogen (secondary N) is 1. The second-order valence-corrected chi connectivity index (χ2v) is 7.44. The minimum atomic E-state index is 0.0198. The van der Waals surface area contributed by atoms with Crippen LogP contribution in [0.15, 0.2) is 10.6 Å². The zero-order chi connectivity index (χ0) is 18.1. The van der Waals surface area contributed by atoms with Crippen molar-refractivity contribution in [2.24, 2.45) is 5.92 Å². The predicted molar refractivity (Wildman–Crippen MR) is 97.1 cm³/mol. The summed E-state index contributed by atoms with van der Waals surface area (Å²) < 4.78 is 5.11. The van der Waals surface area contributed by atoms with E-state index in [0.717, 1.165) is 48.8 Å². The fourth-order valence-electron chi connectivity index (χ4n) is 3.75. The van der Waals surface area contributed by atoms with Crippen molar-refractivity contribution in [2.75, 3.05) is 24.5 Å². The normalized spacial score (nSPS) is 16.9. The lowest BCUT2D eigenvalue weighted by Crippen LogP contribution is -2.52. The molecule has 0 atom stereocenters. The van der Waals surface area contributed by atoms with Crippen molar-refractivity contribution >= 4 is 11.7 Å². The highest BCUT2D eigenvalue weighted by molar-refractivity contribution is 5.79. The Morgan fingerprint density at radius 2 is 2.08 bits per heavy atom. The number of aromatic nitrogens is 3. The minimum Gasteiger partial charge on any atom is -0.361 e. The minimum absolute atomic E-state index is 0.0198. The zero-order valence-corrected chi connectivity index (χ0v) is 15.4. The summed E-state index contributed by atoms with van der Waals surface area (Å²) in [4.78, 5) is 14.4. The summed E-state index contributed by atoms with van der Waals surface area (Å²) in [5.74, 6) is 2.18. The molecule has 1 fully saturated rings. The molecule has 1 amide bonds. The van der Waals surface area contributed by atoms with Crippen molar-refractivity contribution in [2.45, 2.75) is 46.0 Å². The van der Waals surface area contributed by atoms with Crippen molar-refractivity contribution < 1.29 is 9.32 Å². The topological polar surface area (TPSA) is 84.2 Å². The van der Waals surface area contributed by atoms with Crippen LogP contribution in [0.25, 0.3) is 0 Å². The number of nitrogens with zero attached hydrogens (tertiary/aromatic N) is 4. The molecule has 2 aromatic heterocycles. The van der Waals surface area contributed by atoms with Crippen LogP contribution in [0.3, 0.4) is 0 Å². The summed E-state index contributed by atoms with van der Waals surface area (Å²) in [6.45, 7) is 6.23. The van der Waals surface area contributed by atoms with Gasteiger partial charge in [0.05, 0.1) is 17.8 Å².